The molecule has 1 unspecified atom stereocenters. The second-order valence-electron chi connectivity index (χ2n) is 9.39. The first-order valence-corrected chi connectivity index (χ1v) is 12.4. The highest BCUT2D eigenvalue weighted by Gasteiger charge is 2.24. The van der Waals surface area contributed by atoms with Gasteiger partial charge < -0.3 is 23.8 Å². The third kappa shape index (κ3) is 5.04. The standard InChI is InChI=1S/C28H33N5O4/c1-18-9-19(2)11-21(10-18)33-28-23(14-31-33)27(29-17-30-28)32(16-22-7-6-8-37-22)15-20-12-24(34-3)26(36-5)25(13-20)35-4/h9-14,17,22H,6-8,15-16H2,1-5H3. The van der Waals surface area contributed by atoms with Crippen molar-refractivity contribution in [3.63, 3.8) is 0 Å². The first kappa shape index (κ1) is 24.8. The lowest BCUT2D eigenvalue weighted by Gasteiger charge is -2.27. The average Bonchev–Trinajstić information content (AvgIpc) is 3.57. The number of ether oxygens (including phenoxy) is 4. The SMILES string of the molecule is COc1cc(CN(CC2CCCO2)c2ncnc3c2cnn3-c2cc(C)cc(C)c2)cc(OC)c1OC. The molecule has 2 aromatic carbocycles. The Morgan fingerprint density at radius 3 is 2.32 bits per heavy atom. The molecule has 0 aliphatic carbocycles. The van der Waals surface area contributed by atoms with Crippen molar-refractivity contribution in [2.75, 3.05) is 39.4 Å². The molecule has 1 saturated heterocycles. The molecule has 0 spiro atoms. The van der Waals surface area contributed by atoms with E-state index in [0.717, 1.165) is 47.6 Å². The van der Waals surface area contributed by atoms with Gasteiger partial charge in [0.2, 0.25) is 5.75 Å². The number of rotatable bonds is 9. The molecule has 4 aromatic rings. The van der Waals surface area contributed by atoms with Gasteiger partial charge in [-0.1, -0.05) is 6.07 Å². The van der Waals surface area contributed by atoms with Gasteiger partial charge in [0.15, 0.2) is 17.1 Å². The predicted octanol–water partition coefficient (Wildman–Crippen LogP) is 4.64. The van der Waals surface area contributed by atoms with E-state index in [4.69, 9.17) is 29.0 Å². The molecule has 5 rings (SSSR count). The van der Waals surface area contributed by atoms with E-state index in [9.17, 15) is 0 Å². The van der Waals surface area contributed by atoms with Crippen LogP contribution < -0.4 is 19.1 Å². The molecule has 0 amide bonds. The van der Waals surface area contributed by atoms with Crippen molar-refractivity contribution >= 4 is 16.9 Å². The normalized spacial score (nSPS) is 15.2. The lowest BCUT2D eigenvalue weighted by atomic mass is 10.1. The molecule has 0 bridgehead atoms. The van der Waals surface area contributed by atoms with Gasteiger partial charge in [0.1, 0.15) is 12.1 Å². The Hall–Kier alpha value is -3.85. The molecular weight excluding hydrogens is 470 g/mol. The van der Waals surface area contributed by atoms with Crippen LogP contribution in [0.2, 0.25) is 0 Å². The number of fused-ring (bicyclic) bond motifs is 1. The quantitative estimate of drug-likeness (QED) is 0.327. The van der Waals surface area contributed by atoms with Gasteiger partial charge in [0.05, 0.1) is 44.7 Å². The summed E-state index contributed by atoms with van der Waals surface area (Å²) in [6.07, 6.45) is 5.66. The second-order valence-corrected chi connectivity index (χ2v) is 9.39. The minimum absolute atomic E-state index is 0.126. The van der Waals surface area contributed by atoms with Gasteiger partial charge in [-0.15, -0.1) is 0 Å². The monoisotopic (exact) mass is 503 g/mol. The van der Waals surface area contributed by atoms with Crippen LogP contribution in [0.25, 0.3) is 16.7 Å². The van der Waals surface area contributed by atoms with E-state index in [2.05, 4.69) is 41.9 Å². The number of hydrogen-bond acceptors (Lipinski definition) is 8. The highest BCUT2D eigenvalue weighted by atomic mass is 16.5. The minimum Gasteiger partial charge on any atom is -0.493 e. The number of hydrogen-bond donors (Lipinski definition) is 0. The fourth-order valence-electron chi connectivity index (χ4n) is 5.05. The average molecular weight is 504 g/mol. The van der Waals surface area contributed by atoms with Crippen molar-refractivity contribution in [3.05, 3.63) is 59.5 Å². The van der Waals surface area contributed by atoms with Crippen LogP contribution in [0.5, 0.6) is 17.2 Å². The lowest BCUT2D eigenvalue weighted by Crippen LogP contribution is -2.32. The summed E-state index contributed by atoms with van der Waals surface area (Å²) in [5.41, 5.74) is 5.09. The summed E-state index contributed by atoms with van der Waals surface area (Å²) < 4.78 is 24.6. The van der Waals surface area contributed by atoms with Gasteiger partial charge in [0, 0.05) is 19.7 Å². The predicted molar refractivity (Wildman–Crippen MR) is 142 cm³/mol. The lowest BCUT2D eigenvalue weighted by molar-refractivity contribution is 0.115. The Morgan fingerprint density at radius 1 is 0.973 bits per heavy atom. The number of nitrogens with zero attached hydrogens (tertiary/aromatic N) is 5. The molecule has 37 heavy (non-hydrogen) atoms. The van der Waals surface area contributed by atoms with E-state index < -0.39 is 0 Å². The van der Waals surface area contributed by atoms with E-state index in [1.54, 1.807) is 27.7 Å². The van der Waals surface area contributed by atoms with Crippen LogP contribution in [0.3, 0.4) is 0 Å². The molecule has 1 aliphatic rings. The summed E-state index contributed by atoms with van der Waals surface area (Å²) in [6.45, 7) is 6.22. The molecular formula is C28H33N5O4. The molecule has 9 heteroatoms. The van der Waals surface area contributed by atoms with Gasteiger partial charge >= 0.3 is 0 Å². The number of methoxy groups -OCH3 is 3. The highest BCUT2D eigenvalue weighted by molar-refractivity contribution is 5.87. The molecule has 1 fully saturated rings. The summed E-state index contributed by atoms with van der Waals surface area (Å²) in [5, 5.41) is 5.59. The Balaban J connectivity index is 1.57. The third-order valence-electron chi connectivity index (χ3n) is 6.64. The summed E-state index contributed by atoms with van der Waals surface area (Å²) in [7, 11) is 4.86. The van der Waals surface area contributed by atoms with Crippen LogP contribution in [0.15, 0.2) is 42.9 Å². The van der Waals surface area contributed by atoms with Crippen LogP contribution in [0.4, 0.5) is 5.82 Å². The maximum absolute atomic E-state index is 6.01. The third-order valence-corrected chi connectivity index (χ3v) is 6.64. The molecule has 1 aliphatic heterocycles. The first-order chi connectivity index (χ1) is 18.0. The maximum atomic E-state index is 6.01. The van der Waals surface area contributed by atoms with E-state index in [0.29, 0.717) is 30.3 Å². The molecule has 2 aromatic heterocycles. The summed E-state index contributed by atoms with van der Waals surface area (Å²) in [5.74, 6) is 2.61. The smallest absolute Gasteiger partial charge is 0.203 e. The van der Waals surface area contributed by atoms with Crippen LogP contribution >= 0.6 is 0 Å². The first-order valence-electron chi connectivity index (χ1n) is 12.4. The molecule has 9 nitrogen and oxygen atoms in total. The van der Waals surface area contributed by atoms with E-state index >= 15 is 0 Å². The van der Waals surface area contributed by atoms with Crippen molar-refractivity contribution in [1.82, 2.24) is 19.7 Å². The number of benzene rings is 2. The van der Waals surface area contributed by atoms with Crippen LogP contribution in [0.1, 0.15) is 29.5 Å². The minimum atomic E-state index is 0.126. The number of aromatic nitrogens is 4. The second kappa shape index (κ2) is 10.6. The molecule has 0 saturated carbocycles. The topological polar surface area (TPSA) is 83.8 Å². The van der Waals surface area contributed by atoms with Gasteiger partial charge in [-0.3, -0.25) is 0 Å². The largest absolute Gasteiger partial charge is 0.493 e. The summed E-state index contributed by atoms with van der Waals surface area (Å²) in [6, 6.07) is 10.3. The van der Waals surface area contributed by atoms with Gasteiger partial charge in [-0.05, 0) is 67.6 Å². The highest BCUT2D eigenvalue weighted by Crippen LogP contribution is 2.39. The summed E-state index contributed by atoms with van der Waals surface area (Å²) >= 11 is 0. The Bertz CT molecular complexity index is 1350. The molecule has 3 heterocycles. The summed E-state index contributed by atoms with van der Waals surface area (Å²) in [4.78, 5) is 11.6. The molecule has 194 valence electrons. The zero-order valence-corrected chi connectivity index (χ0v) is 22.0. The van der Waals surface area contributed by atoms with Crippen LogP contribution in [0, 0.1) is 13.8 Å². The zero-order chi connectivity index (χ0) is 25.9. The maximum Gasteiger partial charge on any atom is 0.203 e. The molecule has 1 atom stereocenters. The van der Waals surface area contributed by atoms with E-state index in [1.165, 1.54) is 11.1 Å². The van der Waals surface area contributed by atoms with Gasteiger partial charge in [-0.2, -0.15) is 5.10 Å². The van der Waals surface area contributed by atoms with Crippen molar-refractivity contribution in [1.29, 1.82) is 0 Å². The number of aryl methyl sites for hydroxylation is 2. The van der Waals surface area contributed by atoms with Gasteiger partial charge in [0.25, 0.3) is 0 Å². The van der Waals surface area contributed by atoms with Crippen molar-refractivity contribution < 1.29 is 18.9 Å². The van der Waals surface area contributed by atoms with Crippen molar-refractivity contribution in [2.45, 2.75) is 39.3 Å². The van der Waals surface area contributed by atoms with E-state index in [-0.39, 0.29) is 6.10 Å². The Labute approximate surface area is 216 Å². The van der Waals surface area contributed by atoms with Crippen LogP contribution in [-0.4, -0.2) is 60.3 Å². The van der Waals surface area contributed by atoms with E-state index in [1.807, 2.05) is 23.0 Å². The zero-order valence-electron chi connectivity index (χ0n) is 22.0. The Kier molecular flexibility index (Phi) is 7.14. The van der Waals surface area contributed by atoms with Crippen molar-refractivity contribution in [3.8, 4) is 22.9 Å². The fraction of sp³-hybridized carbons (Fsp3) is 0.393. The molecule has 0 N–H and O–H groups in total. The van der Waals surface area contributed by atoms with Crippen LogP contribution in [-0.2, 0) is 11.3 Å². The van der Waals surface area contributed by atoms with Crippen molar-refractivity contribution in [2.24, 2.45) is 0 Å². The Morgan fingerprint density at radius 2 is 1.70 bits per heavy atom. The fourth-order valence-corrected chi connectivity index (χ4v) is 5.05. The number of anilines is 1. The molecule has 0 radical (unpaired) electrons. The van der Waals surface area contributed by atoms with Gasteiger partial charge in [-0.25, -0.2) is 14.6 Å².